The van der Waals surface area contributed by atoms with Crippen molar-refractivity contribution in [2.45, 2.75) is 4.90 Å². The lowest BCUT2D eigenvalue weighted by Crippen LogP contribution is -2.12. The van der Waals surface area contributed by atoms with E-state index in [4.69, 9.17) is 4.74 Å². The zero-order valence-corrected chi connectivity index (χ0v) is 15.4. The molecule has 0 bridgehead atoms. The van der Waals surface area contributed by atoms with E-state index in [9.17, 15) is 8.42 Å². The van der Waals surface area contributed by atoms with Crippen LogP contribution in [0.4, 0.5) is 5.69 Å². The fourth-order valence-electron chi connectivity index (χ4n) is 2.57. The molecule has 26 heavy (non-hydrogen) atoms. The van der Waals surface area contributed by atoms with Crippen molar-refractivity contribution >= 4 is 38.1 Å². The number of fused-ring (bicyclic) bond motifs is 1. The van der Waals surface area contributed by atoms with E-state index in [2.05, 4.69) is 14.7 Å². The Hall–Kier alpha value is -2.84. The molecule has 0 atom stereocenters. The van der Waals surface area contributed by atoms with E-state index >= 15 is 0 Å². The third kappa shape index (κ3) is 3.16. The van der Waals surface area contributed by atoms with Crippen LogP contribution in [0, 0.1) is 0 Å². The number of thiophene rings is 1. The van der Waals surface area contributed by atoms with Gasteiger partial charge in [-0.05, 0) is 53.9 Å². The van der Waals surface area contributed by atoms with Crippen LogP contribution in [0.5, 0.6) is 5.75 Å². The molecule has 4 aromatic rings. The van der Waals surface area contributed by atoms with Gasteiger partial charge in [-0.25, -0.2) is 13.4 Å². The van der Waals surface area contributed by atoms with Crippen LogP contribution in [-0.2, 0) is 10.0 Å². The van der Waals surface area contributed by atoms with Gasteiger partial charge in [0.25, 0.3) is 10.0 Å². The summed E-state index contributed by atoms with van der Waals surface area (Å²) in [6.07, 6.45) is 0. The SMILES string of the molecule is COc1ccc(S(=O)(=O)Nc2ccc3nc(-c4cccs4)[nH]c3c2)cc1. The van der Waals surface area contributed by atoms with Gasteiger partial charge in [0.2, 0.25) is 0 Å². The highest BCUT2D eigenvalue weighted by atomic mass is 32.2. The minimum atomic E-state index is -3.68. The molecule has 2 heterocycles. The third-order valence-corrected chi connectivity index (χ3v) is 6.13. The van der Waals surface area contributed by atoms with Crippen molar-refractivity contribution in [3.63, 3.8) is 0 Å². The first-order chi connectivity index (χ1) is 12.5. The lowest BCUT2D eigenvalue weighted by atomic mass is 10.3. The maximum absolute atomic E-state index is 12.6. The Kier molecular flexibility index (Phi) is 4.14. The number of aromatic nitrogens is 2. The Morgan fingerprint density at radius 2 is 1.92 bits per heavy atom. The Morgan fingerprint density at radius 1 is 1.12 bits per heavy atom. The summed E-state index contributed by atoms with van der Waals surface area (Å²) in [5, 5.41) is 1.98. The minimum Gasteiger partial charge on any atom is -0.497 e. The molecule has 4 rings (SSSR count). The number of ether oxygens (including phenoxy) is 1. The zero-order valence-electron chi connectivity index (χ0n) is 13.8. The Bertz CT molecular complexity index is 1150. The van der Waals surface area contributed by atoms with Crippen LogP contribution in [0.1, 0.15) is 0 Å². The molecule has 8 heteroatoms. The summed E-state index contributed by atoms with van der Waals surface area (Å²) in [5.41, 5.74) is 2.01. The zero-order chi connectivity index (χ0) is 18.1. The molecule has 132 valence electrons. The van der Waals surface area contributed by atoms with Crippen molar-refractivity contribution in [2.24, 2.45) is 0 Å². The van der Waals surface area contributed by atoms with Gasteiger partial charge >= 0.3 is 0 Å². The highest BCUT2D eigenvalue weighted by Crippen LogP contribution is 2.27. The van der Waals surface area contributed by atoms with E-state index in [0.29, 0.717) is 11.4 Å². The van der Waals surface area contributed by atoms with Gasteiger partial charge in [-0.3, -0.25) is 4.72 Å². The van der Waals surface area contributed by atoms with E-state index in [1.165, 1.54) is 19.2 Å². The van der Waals surface area contributed by atoms with Crippen LogP contribution >= 0.6 is 11.3 Å². The number of rotatable bonds is 5. The monoisotopic (exact) mass is 385 g/mol. The second kappa shape index (κ2) is 6.47. The predicted octanol–water partition coefficient (Wildman–Crippen LogP) is 4.10. The van der Waals surface area contributed by atoms with Gasteiger partial charge in [-0.1, -0.05) is 6.07 Å². The summed E-state index contributed by atoms with van der Waals surface area (Å²) < 4.78 is 32.8. The maximum atomic E-state index is 12.6. The first-order valence-electron chi connectivity index (χ1n) is 7.76. The first kappa shape index (κ1) is 16.6. The molecular weight excluding hydrogens is 370 g/mol. The Labute approximate surface area is 154 Å². The van der Waals surface area contributed by atoms with E-state index in [0.717, 1.165) is 21.7 Å². The number of H-pyrrole nitrogens is 1. The number of aromatic amines is 1. The van der Waals surface area contributed by atoms with Crippen molar-refractivity contribution in [1.82, 2.24) is 9.97 Å². The van der Waals surface area contributed by atoms with Crippen molar-refractivity contribution in [1.29, 1.82) is 0 Å². The molecule has 0 amide bonds. The second-order valence-electron chi connectivity index (χ2n) is 5.58. The quantitative estimate of drug-likeness (QED) is 0.542. The van der Waals surface area contributed by atoms with Crippen molar-refractivity contribution < 1.29 is 13.2 Å². The molecule has 0 saturated carbocycles. The van der Waals surface area contributed by atoms with Crippen LogP contribution in [0.15, 0.2) is 64.9 Å². The standard InChI is InChI=1S/C18H15N3O3S2/c1-24-13-5-7-14(8-6-13)26(22,23)21-12-4-9-15-16(11-12)20-18(19-15)17-3-2-10-25-17/h2-11,21H,1H3,(H,19,20). The summed E-state index contributed by atoms with van der Waals surface area (Å²) >= 11 is 1.59. The average molecular weight is 385 g/mol. The number of methoxy groups -OCH3 is 1. The number of anilines is 1. The molecular formula is C18H15N3O3S2. The van der Waals surface area contributed by atoms with Crippen LogP contribution < -0.4 is 9.46 Å². The fraction of sp³-hybridized carbons (Fsp3) is 0.0556. The van der Waals surface area contributed by atoms with Gasteiger partial charge in [0.1, 0.15) is 11.6 Å². The van der Waals surface area contributed by atoms with Gasteiger partial charge in [-0.2, -0.15) is 0 Å². The highest BCUT2D eigenvalue weighted by Gasteiger charge is 2.15. The van der Waals surface area contributed by atoms with Gasteiger partial charge in [0.05, 0.1) is 33.6 Å². The maximum Gasteiger partial charge on any atom is 0.261 e. The third-order valence-electron chi connectivity index (χ3n) is 3.86. The van der Waals surface area contributed by atoms with Crippen LogP contribution in [0.3, 0.4) is 0 Å². The van der Waals surface area contributed by atoms with Crippen LogP contribution in [0.2, 0.25) is 0 Å². The van der Waals surface area contributed by atoms with Crippen molar-refractivity contribution in [2.75, 3.05) is 11.8 Å². The smallest absolute Gasteiger partial charge is 0.261 e. The predicted molar refractivity (Wildman–Crippen MR) is 103 cm³/mol. The van der Waals surface area contributed by atoms with E-state index in [1.54, 1.807) is 41.7 Å². The summed E-state index contributed by atoms with van der Waals surface area (Å²) in [4.78, 5) is 8.96. The van der Waals surface area contributed by atoms with Crippen LogP contribution in [-0.4, -0.2) is 25.5 Å². The topological polar surface area (TPSA) is 84.1 Å². The lowest BCUT2D eigenvalue weighted by Gasteiger charge is -2.08. The molecule has 2 aromatic carbocycles. The minimum absolute atomic E-state index is 0.169. The number of nitrogens with zero attached hydrogens (tertiary/aromatic N) is 1. The fourth-order valence-corrected chi connectivity index (χ4v) is 4.29. The average Bonchev–Trinajstić information content (AvgIpc) is 3.30. The van der Waals surface area contributed by atoms with Crippen molar-refractivity contribution in [3.8, 4) is 16.5 Å². The molecule has 2 aromatic heterocycles. The summed E-state index contributed by atoms with van der Waals surface area (Å²) in [6, 6.07) is 15.4. The second-order valence-corrected chi connectivity index (χ2v) is 8.21. The number of nitrogens with one attached hydrogen (secondary N) is 2. The first-order valence-corrected chi connectivity index (χ1v) is 10.1. The summed E-state index contributed by atoms with van der Waals surface area (Å²) in [7, 11) is -2.15. The number of benzene rings is 2. The van der Waals surface area contributed by atoms with Gasteiger partial charge in [0, 0.05) is 0 Å². The molecule has 0 aliphatic carbocycles. The molecule has 0 aliphatic rings. The number of hydrogen-bond acceptors (Lipinski definition) is 5. The normalized spacial score (nSPS) is 11.6. The van der Waals surface area contributed by atoms with E-state index in [-0.39, 0.29) is 4.90 Å². The number of imidazole rings is 1. The molecule has 0 unspecified atom stereocenters. The Morgan fingerprint density at radius 3 is 2.62 bits per heavy atom. The Balaban J connectivity index is 1.63. The number of sulfonamides is 1. The van der Waals surface area contributed by atoms with Gasteiger partial charge in [0.15, 0.2) is 0 Å². The molecule has 0 saturated heterocycles. The van der Waals surface area contributed by atoms with E-state index < -0.39 is 10.0 Å². The molecule has 0 fully saturated rings. The molecule has 6 nitrogen and oxygen atoms in total. The van der Waals surface area contributed by atoms with Crippen molar-refractivity contribution in [3.05, 3.63) is 60.0 Å². The van der Waals surface area contributed by atoms with Gasteiger partial charge in [-0.15, -0.1) is 11.3 Å². The number of hydrogen-bond donors (Lipinski definition) is 2. The lowest BCUT2D eigenvalue weighted by molar-refractivity contribution is 0.414. The molecule has 2 N–H and O–H groups in total. The summed E-state index contributed by atoms with van der Waals surface area (Å²) in [5.74, 6) is 1.37. The molecule has 0 radical (unpaired) electrons. The van der Waals surface area contributed by atoms with Gasteiger partial charge < -0.3 is 9.72 Å². The highest BCUT2D eigenvalue weighted by molar-refractivity contribution is 7.92. The largest absolute Gasteiger partial charge is 0.497 e. The van der Waals surface area contributed by atoms with Crippen LogP contribution in [0.25, 0.3) is 21.7 Å². The molecule has 0 aliphatic heterocycles. The molecule has 0 spiro atoms. The van der Waals surface area contributed by atoms with E-state index in [1.807, 2.05) is 17.5 Å². The summed E-state index contributed by atoms with van der Waals surface area (Å²) in [6.45, 7) is 0.